The highest BCUT2D eigenvalue weighted by Gasteiger charge is 2.23. The second-order valence-corrected chi connectivity index (χ2v) is 7.08. The van der Waals surface area contributed by atoms with E-state index in [1.807, 2.05) is 0 Å². The molecule has 0 amide bonds. The van der Waals surface area contributed by atoms with Crippen LogP contribution in [0.5, 0.6) is 5.75 Å². The Hall–Kier alpha value is -1.80. The van der Waals surface area contributed by atoms with Crippen LogP contribution in [0, 0.1) is 0 Å². The molecule has 0 aliphatic carbocycles. The SMILES string of the molecule is COc1ccc(C(=O)O)c(NCC(C)(C)NS(C)(=O)=O)c1. The first-order chi connectivity index (χ1) is 9.54. The Morgan fingerprint density at radius 1 is 1.38 bits per heavy atom. The summed E-state index contributed by atoms with van der Waals surface area (Å²) in [5, 5.41) is 12.1. The summed E-state index contributed by atoms with van der Waals surface area (Å²) in [7, 11) is -1.88. The number of nitrogens with one attached hydrogen (secondary N) is 2. The normalized spacial score (nSPS) is 12.0. The van der Waals surface area contributed by atoms with Gasteiger partial charge < -0.3 is 15.2 Å². The first-order valence-corrected chi connectivity index (χ1v) is 8.07. The lowest BCUT2D eigenvalue weighted by molar-refractivity contribution is 0.0698. The van der Waals surface area contributed by atoms with Gasteiger partial charge in [-0.25, -0.2) is 17.9 Å². The van der Waals surface area contributed by atoms with Gasteiger partial charge in [0.1, 0.15) is 5.75 Å². The van der Waals surface area contributed by atoms with Crippen molar-refractivity contribution in [3.05, 3.63) is 23.8 Å². The summed E-state index contributed by atoms with van der Waals surface area (Å²) in [4.78, 5) is 11.2. The second-order valence-electron chi connectivity index (χ2n) is 5.33. The predicted molar refractivity (Wildman–Crippen MR) is 80.5 cm³/mol. The maximum atomic E-state index is 11.3. The fourth-order valence-corrected chi connectivity index (χ4v) is 2.91. The first-order valence-electron chi connectivity index (χ1n) is 6.18. The predicted octanol–water partition coefficient (Wildman–Crippen LogP) is 1.13. The summed E-state index contributed by atoms with van der Waals surface area (Å²) in [5.41, 5.74) is -0.317. The van der Waals surface area contributed by atoms with Crippen LogP contribution in [0.4, 0.5) is 5.69 Å². The van der Waals surface area contributed by atoms with Crippen LogP contribution in [0.3, 0.4) is 0 Å². The Kier molecular flexibility index (Phi) is 5.19. The Morgan fingerprint density at radius 2 is 2.00 bits per heavy atom. The van der Waals surface area contributed by atoms with E-state index in [1.165, 1.54) is 13.2 Å². The minimum atomic E-state index is -3.36. The summed E-state index contributed by atoms with van der Waals surface area (Å²) >= 11 is 0. The zero-order chi connectivity index (χ0) is 16.3. The number of rotatable bonds is 7. The molecule has 0 radical (unpaired) electrons. The van der Waals surface area contributed by atoms with Crippen LogP contribution in [-0.4, -0.2) is 44.9 Å². The van der Waals surface area contributed by atoms with Crippen molar-refractivity contribution in [3.63, 3.8) is 0 Å². The molecule has 0 bridgehead atoms. The molecule has 0 aliphatic rings. The number of carbonyl (C=O) groups is 1. The third-order valence-corrected chi connectivity index (χ3v) is 3.56. The van der Waals surface area contributed by atoms with Gasteiger partial charge in [-0.2, -0.15) is 0 Å². The maximum absolute atomic E-state index is 11.3. The van der Waals surface area contributed by atoms with Crippen LogP contribution in [0.25, 0.3) is 0 Å². The van der Waals surface area contributed by atoms with E-state index in [1.54, 1.807) is 26.0 Å². The monoisotopic (exact) mass is 316 g/mol. The van der Waals surface area contributed by atoms with Crippen molar-refractivity contribution in [2.45, 2.75) is 19.4 Å². The van der Waals surface area contributed by atoms with Crippen LogP contribution in [0.2, 0.25) is 0 Å². The molecule has 21 heavy (non-hydrogen) atoms. The molecule has 0 spiro atoms. The topological polar surface area (TPSA) is 105 Å². The Morgan fingerprint density at radius 3 is 2.48 bits per heavy atom. The van der Waals surface area contributed by atoms with E-state index in [-0.39, 0.29) is 12.1 Å². The highest BCUT2D eigenvalue weighted by Crippen LogP contribution is 2.23. The van der Waals surface area contributed by atoms with Crippen molar-refractivity contribution in [1.82, 2.24) is 4.72 Å². The number of benzene rings is 1. The molecule has 0 atom stereocenters. The number of methoxy groups -OCH3 is 1. The number of carboxylic acid groups (broad SMARTS) is 1. The van der Waals surface area contributed by atoms with Crippen molar-refractivity contribution in [2.24, 2.45) is 0 Å². The fourth-order valence-electron chi connectivity index (χ4n) is 1.84. The third-order valence-electron chi connectivity index (χ3n) is 2.64. The van der Waals surface area contributed by atoms with Crippen molar-refractivity contribution < 1.29 is 23.1 Å². The van der Waals surface area contributed by atoms with Crippen molar-refractivity contribution in [1.29, 1.82) is 0 Å². The van der Waals surface area contributed by atoms with Gasteiger partial charge in [0.15, 0.2) is 0 Å². The molecule has 1 aromatic rings. The number of sulfonamides is 1. The highest BCUT2D eigenvalue weighted by atomic mass is 32.2. The van der Waals surface area contributed by atoms with Gasteiger partial charge in [0, 0.05) is 18.2 Å². The summed E-state index contributed by atoms with van der Waals surface area (Å²) in [6.45, 7) is 3.61. The number of aromatic carboxylic acids is 1. The number of hydrogen-bond acceptors (Lipinski definition) is 5. The molecule has 0 fully saturated rings. The minimum absolute atomic E-state index is 0.0888. The second kappa shape index (κ2) is 6.31. The number of carboxylic acids is 1. The molecule has 0 saturated carbocycles. The molecule has 7 nitrogen and oxygen atoms in total. The molecular formula is C13H20N2O5S. The van der Waals surface area contributed by atoms with Gasteiger partial charge in [-0.05, 0) is 26.0 Å². The quantitative estimate of drug-likeness (QED) is 0.696. The zero-order valence-electron chi connectivity index (χ0n) is 12.4. The van der Waals surface area contributed by atoms with Gasteiger partial charge in [-0.3, -0.25) is 0 Å². The molecule has 0 aliphatic heterocycles. The van der Waals surface area contributed by atoms with Gasteiger partial charge in [0.05, 0.1) is 24.6 Å². The van der Waals surface area contributed by atoms with Gasteiger partial charge in [-0.15, -0.1) is 0 Å². The number of ether oxygens (including phenoxy) is 1. The van der Waals surface area contributed by atoms with E-state index in [0.717, 1.165) is 6.26 Å². The van der Waals surface area contributed by atoms with E-state index in [9.17, 15) is 13.2 Å². The molecule has 0 saturated heterocycles. The van der Waals surface area contributed by atoms with Crippen molar-refractivity contribution in [2.75, 3.05) is 25.2 Å². The number of anilines is 1. The lowest BCUT2D eigenvalue weighted by Gasteiger charge is -2.26. The molecule has 3 N–H and O–H groups in total. The molecule has 0 heterocycles. The van der Waals surface area contributed by atoms with E-state index in [4.69, 9.17) is 9.84 Å². The lowest BCUT2D eigenvalue weighted by atomic mass is 10.1. The summed E-state index contributed by atoms with van der Waals surface area (Å²) in [6.07, 6.45) is 1.07. The van der Waals surface area contributed by atoms with E-state index >= 15 is 0 Å². The molecule has 118 valence electrons. The van der Waals surface area contributed by atoms with Gasteiger partial charge >= 0.3 is 5.97 Å². The van der Waals surface area contributed by atoms with Gasteiger partial charge in [0.2, 0.25) is 10.0 Å². The minimum Gasteiger partial charge on any atom is -0.497 e. The van der Waals surface area contributed by atoms with Crippen LogP contribution < -0.4 is 14.8 Å². The molecular weight excluding hydrogens is 296 g/mol. The van der Waals surface area contributed by atoms with Crippen molar-refractivity contribution >= 4 is 21.7 Å². The van der Waals surface area contributed by atoms with Crippen LogP contribution >= 0.6 is 0 Å². The molecule has 0 aromatic heterocycles. The Bertz CT molecular complexity index is 625. The van der Waals surface area contributed by atoms with Gasteiger partial charge in [0.25, 0.3) is 0 Å². The summed E-state index contributed by atoms with van der Waals surface area (Å²) in [6, 6.07) is 4.54. The molecule has 8 heteroatoms. The largest absolute Gasteiger partial charge is 0.497 e. The van der Waals surface area contributed by atoms with E-state index < -0.39 is 21.5 Å². The Labute approximate surface area is 124 Å². The Balaban J connectivity index is 2.94. The van der Waals surface area contributed by atoms with Crippen molar-refractivity contribution in [3.8, 4) is 5.75 Å². The molecule has 1 aromatic carbocycles. The van der Waals surface area contributed by atoms with Crippen LogP contribution in [0.15, 0.2) is 18.2 Å². The van der Waals surface area contributed by atoms with Gasteiger partial charge in [-0.1, -0.05) is 0 Å². The lowest BCUT2D eigenvalue weighted by Crippen LogP contribution is -2.47. The molecule has 1 rings (SSSR count). The first kappa shape index (κ1) is 17.3. The molecule has 0 unspecified atom stereocenters. The third kappa shape index (κ3) is 5.60. The standard InChI is InChI=1S/C13H20N2O5S/c1-13(2,15-21(4,18)19)8-14-11-7-9(20-3)5-6-10(11)12(16)17/h5-7,14-15H,8H2,1-4H3,(H,16,17). The highest BCUT2D eigenvalue weighted by molar-refractivity contribution is 7.88. The maximum Gasteiger partial charge on any atom is 0.337 e. The van der Waals surface area contributed by atoms with Crippen LogP contribution in [0.1, 0.15) is 24.2 Å². The average molecular weight is 316 g/mol. The van der Waals surface area contributed by atoms with E-state index in [0.29, 0.717) is 11.4 Å². The summed E-state index contributed by atoms with van der Waals surface area (Å²) in [5.74, 6) is -0.564. The average Bonchev–Trinajstić information content (AvgIpc) is 2.33. The van der Waals surface area contributed by atoms with E-state index in [2.05, 4.69) is 10.0 Å². The zero-order valence-corrected chi connectivity index (χ0v) is 13.2. The number of hydrogen-bond donors (Lipinski definition) is 3. The summed E-state index contributed by atoms with van der Waals surface area (Å²) < 4.78 is 30.1. The fraction of sp³-hybridized carbons (Fsp3) is 0.462. The van der Waals surface area contributed by atoms with Crippen LogP contribution in [-0.2, 0) is 10.0 Å². The smallest absolute Gasteiger partial charge is 0.337 e.